The molecule has 46 heavy (non-hydrogen) atoms. The first kappa shape index (κ1) is 34.0. The Hall–Kier alpha value is -3.39. The topological polar surface area (TPSA) is 123 Å². The van der Waals surface area contributed by atoms with Crippen LogP contribution in [0, 0.1) is 35.0 Å². The summed E-state index contributed by atoms with van der Waals surface area (Å²) in [5.41, 5.74) is 1.06. The van der Waals surface area contributed by atoms with Crippen molar-refractivity contribution in [2.24, 2.45) is 16.7 Å². The molecule has 2 aliphatic rings. The number of rotatable bonds is 11. The molecule has 5 rings (SSSR count). The van der Waals surface area contributed by atoms with E-state index < -0.39 is 10.1 Å². The number of hydrogen-bond acceptors (Lipinski definition) is 7. The van der Waals surface area contributed by atoms with Crippen molar-refractivity contribution in [2.75, 3.05) is 6.61 Å². The van der Waals surface area contributed by atoms with Gasteiger partial charge in [0.05, 0.1) is 28.1 Å². The van der Waals surface area contributed by atoms with Gasteiger partial charge in [-0.25, -0.2) is 0 Å². The summed E-state index contributed by atoms with van der Waals surface area (Å²) in [7, 11) is -3.73. The number of ether oxygens (including phenoxy) is 1. The van der Waals surface area contributed by atoms with Gasteiger partial charge in [0, 0.05) is 29.1 Å². The molecule has 2 aromatic carbocycles. The number of benzene rings is 2. The average molecular weight is 667 g/mol. The van der Waals surface area contributed by atoms with Crippen LogP contribution in [0.4, 0.5) is 0 Å². The van der Waals surface area contributed by atoms with E-state index in [1.165, 1.54) is 0 Å². The van der Waals surface area contributed by atoms with Crippen LogP contribution in [0.25, 0.3) is 0 Å². The van der Waals surface area contributed by atoms with Crippen molar-refractivity contribution < 1.29 is 22.1 Å². The van der Waals surface area contributed by atoms with Crippen LogP contribution < -0.4 is 10.1 Å². The van der Waals surface area contributed by atoms with E-state index >= 15 is 0 Å². The van der Waals surface area contributed by atoms with Gasteiger partial charge < -0.3 is 10.1 Å². The quantitative estimate of drug-likeness (QED) is 0.169. The number of carbonyl (C=O) groups is 1. The van der Waals surface area contributed by atoms with Crippen molar-refractivity contribution in [3.63, 3.8) is 0 Å². The van der Waals surface area contributed by atoms with Crippen molar-refractivity contribution in [1.29, 1.82) is 5.26 Å². The first-order valence-electron chi connectivity index (χ1n) is 15.9. The molecule has 1 heterocycles. The Morgan fingerprint density at radius 2 is 1.74 bits per heavy atom. The van der Waals surface area contributed by atoms with E-state index in [0.717, 1.165) is 37.7 Å². The maximum atomic E-state index is 13.3. The Bertz CT molecular complexity index is 1690. The van der Waals surface area contributed by atoms with Crippen molar-refractivity contribution >= 4 is 27.6 Å². The molecule has 0 unspecified atom stereocenters. The Kier molecular flexibility index (Phi) is 9.88. The van der Waals surface area contributed by atoms with Gasteiger partial charge in [0.15, 0.2) is 0 Å². The summed E-state index contributed by atoms with van der Waals surface area (Å²) in [4.78, 5) is 13.5. The van der Waals surface area contributed by atoms with Gasteiger partial charge in [0.1, 0.15) is 23.6 Å². The minimum Gasteiger partial charge on any atom is -0.489 e. The summed E-state index contributed by atoms with van der Waals surface area (Å²) < 4.78 is 38.4. The SMILES string of the molecule is Cc1ccc(S(=O)(=O)OCCCC2CCC(n3ccc(C(=O)NC4C(C)(C)C(Oc5ccc(C#N)c(Cl)c5)C4(C)C)n3)CC2)cc1. The summed E-state index contributed by atoms with van der Waals surface area (Å²) in [5.74, 6) is 0.894. The maximum Gasteiger partial charge on any atom is 0.296 e. The second-order valence-electron chi connectivity index (χ2n) is 13.9. The number of aryl methyl sites for hydroxylation is 1. The second-order valence-corrected chi connectivity index (χ2v) is 15.9. The number of nitriles is 1. The molecule has 246 valence electrons. The Morgan fingerprint density at radius 1 is 1.07 bits per heavy atom. The second kappa shape index (κ2) is 13.4. The van der Waals surface area contributed by atoms with Crippen LogP contribution in [0.1, 0.15) is 93.9 Å². The number of carbonyl (C=O) groups excluding carboxylic acids is 1. The van der Waals surface area contributed by atoms with E-state index in [4.69, 9.17) is 25.8 Å². The molecule has 0 atom stereocenters. The van der Waals surface area contributed by atoms with Crippen LogP contribution >= 0.6 is 11.6 Å². The number of nitrogens with zero attached hydrogens (tertiary/aromatic N) is 3. The van der Waals surface area contributed by atoms with Crippen LogP contribution in [0.3, 0.4) is 0 Å². The van der Waals surface area contributed by atoms with Gasteiger partial charge >= 0.3 is 0 Å². The highest BCUT2D eigenvalue weighted by Crippen LogP contribution is 2.55. The smallest absolute Gasteiger partial charge is 0.296 e. The van der Waals surface area contributed by atoms with E-state index in [0.29, 0.717) is 34.4 Å². The first-order valence-corrected chi connectivity index (χ1v) is 17.7. The van der Waals surface area contributed by atoms with Crippen LogP contribution in [0.15, 0.2) is 59.6 Å². The first-order chi connectivity index (χ1) is 21.7. The van der Waals surface area contributed by atoms with Gasteiger partial charge in [-0.15, -0.1) is 0 Å². The minimum atomic E-state index is -3.73. The molecular formula is C35H43ClN4O5S. The zero-order valence-electron chi connectivity index (χ0n) is 27.1. The van der Waals surface area contributed by atoms with E-state index in [1.54, 1.807) is 48.5 Å². The molecule has 1 amide bonds. The van der Waals surface area contributed by atoms with Gasteiger partial charge in [-0.05, 0) is 81.7 Å². The van der Waals surface area contributed by atoms with Gasteiger partial charge in [-0.1, -0.05) is 57.0 Å². The summed E-state index contributed by atoms with van der Waals surface area (Å²) in [5, 5.41) is 17.4. The van der Waals surface area contributed by atoms with Crippen molar-refractivity contribution in [3.05, 3.63) is 76.6 Å². The Balaban J connectivity index is 1.08. The van der Waals surface area contributed by atoms with Crippen molar-refractivity contribution in [1.82, 2.24) is 15.1 Å². The molecule has 11 heteroatoms. The normalized spacial score (nSPS) is 23.6. The monoisotopic (exact) mass is 666 g/mol. The average Bonchev–Trinajstić information content (AvgIpc) is 3.52. The Labute approximate surface area is 277 Å². The minimum absolute atomic E-state index is 0.150. The van der Waals surface area contributed by atoms with Gasteiger partial charge in [-0.3, -0.25) is 13.7 Å². The molecule has 2 fully saturated rings. The lowest BCUT2D eigenvalue weighted by Crippen LogP contribution is -2.74. The van der Waals surface area contributed by atoms with Crippen LogP contribution in [-0.2, 0) is 14.3 Å². The third kappa shape index (κ3) is 7.12. The molecule has 2 aliphatic carbocycles. The standard InChI is InChI=1S/C35H43ClN4O5S/c1-23-8-16-28(17-9-23)46(42,43)44-20-6-7-24-10-13-26(14-11-24)40-19-18-30(39-40)31(41)38-32-34(2,3)33(35(32,4)5)45-27-15-12-25(22-37)29(36)21-27/h8-9,12,15-19,21,24,26,32-33H,6-7,10-11,13-14,20H2,1-5H3,(H,38,41). The number of nitrogens with one attached hydrogen (secondary N) is 1. The molecular weight excluding hydrogens is 624 g/mol. The van der Waals surface area contributed by atoms with Crippen LogP contribution in [-0.4, -0.2) is 42.9 Å². The zero-order chi connectivity index (χ0) is 33.3. The summed E-state index contributed by atoms with van der Waals surface area (Å²) in [6, 6.07) is 15.7. The lowest BCUT2D eigenvalue weighted by atomic mass is 9.49. The molecule has 0 saturated heterocycles. The lowest BCUT2D eigenvalue weighted by molar-refractivity contribution is -0.164. The highest BCUT2D eigenvalue weighted by molar-refractivity contribution is 7.86. The molecule has 2 saturated carbocycles. The molecule has 0 spiro atoms. The van der Waals surface area contributed by atoms with Crippen molar-refractivity contribution in [3.8, 4) is 11.8 Å². The van der Waals surface area contributed by atoms with Crippen LogP contribution in [0.5, 0.6) is 5.75 Å². The van der Waals surface area contributed by atoms with Crippen molar-refractivity contribution in [2.45, 2.75) is 96.2 Å². The molecule has 3 aromatic rings. The third-order valence-electron chi connectivity index (χ3n) is 9.77. The van der Waals surface area contributed by atoms with Gasteiger partial charge in [0.2, 0.25) is 0 Å². The number of halogens is 1. The molecule has 0 aliphatic heterocycles. The zero-order valence-corrected chi connectivity index (χ0v) is 28.7. The third-order valence-corrected chi connectivity index (χ3v) is 11.4. The highest BCUT2D eigenvalue weighted by atomic mass is 35.5. The predicted octanol–water partition coefficient (Wildman–Crippen LogP) is 7.25. The maximum absolute atomic E-state index is 13.3. The number of aromatic nitrogens is 2. The van der Waals surface area contributed by atoms with Crippen LogP contribution in [0.2, 0.25) is 5.02 Å². The fourth-order valence-corrected chi connectivity index (χ4v) is 8.63. The fraction of sp³-hybridized carbons (Fsp3) is 0.514. The lowest BCUT2D eigenvalue weighted by Gasteiger charge is -2.63. The predicted molar refractivity (Wildman–Crippen MR) is 176 cm³/mol. The summed E-state index contributed by atoms with van der Waals surface area (Å²) in [6.45, 7) is 10.4. The summed E-state index contributed by atoms with van der Waals surface area (Å²) >= 11 is 6.22. The molecule has 9 nitrogen and oxygen atoms in total. The van der Waals surface area contributed by atoms with E-state index in [9.17, 15) is 13.2 Å². The molecule has 0 radical (unpaired) electrons. The fourth-order valence-electron chi connectivity index (χ4n) is 7.47. The molecule has 0 bridgehead atoms. The molecule has 1 N–H and O–H groups in total. The highest BCUT2D eigenvalue weighted by Gasteiger charge is 2.64. The Morgan fingerprint density at radius 3 is 2.37 bits per heavy atom. The van der Waals surface area contributed by atoms with E-state index in [2.05, 4.69) is 44.2 Å². The van der Waals surface area contributed by atoms with E-state index in [1.807, 2.05) is 17.8 Å². The summed E-state index contributed by atoms with van der Waals surface area (Å²) in [6.07, 6.45) is 7.26. The molecule has 1 aromatic heterocycles. The van der Waals surface area contributed by atoms with E-state index in [-0.39, 0.29) is 46.4 Å². The van der Waals surface area contributed by atoms with Gasteiger partial charge in [0.25, 0.3) is 16.0 Å². The largest absolute Gasteiger partial charge is 0.489 e. The number of amides is 1. The number of hydrogen-bond donors (Lipinski definition) is 1. The van der Waals surface area contributed by atoms with Gasteiger partial charge in [-0.2, -0.15) is 18.8 Å².